The van der Waals surface area contributed by atoms with Gasteiger partial charge in [-0.3, -0.25) is 9.69 Å². The summed E-state index contributed by atoms with van der Waals surface area (Å²) < 4.78 is 24.6. The molecule has 4 heterocycles. The number of benzene rings is 2. The maximum Gasteiger partial charge on any atom is 0.246 e. The summed E-state index contributed by atoms with van der Waals surface area (Å²) >= 11 is 8.11. The molecule has 41 heavy (non-hydrogen) atoms. The number of amides is 1. The minimum absolute atomic E-state index is 0.0279. The van der Waals surface area contributed by atoms with Crippen LogP contribution < -0.4 is 10.1 Å². The van der Waals surface area contributed by atoms with Gasteiger partial charge >= 0.3 is 0 Å². The fourth-order valence-electron chi connectivity index (χ4n) is 5.02. The van der Waals surface area contributed by atoms with Gasteiger partial charge in [0.25, 0.3) is 0 Å². The van der Waals surface area contributed by atoms with Gasteiger partial charge in [-0.05, 0) is 47.9 Å². The number of nitrogens with one attached hydrogen (secondary N) is 1. The summed E-state index contributed by atoms with van der Waals surface area (Å²) in [5, 5.41) is 4.79. The van der Waals surface area contributed by atoms with Crippen LogP contribution in [0.1, 0.15) is 16.0 Å². The van der Waals surface area contributed by atoms with Crippen LogP contribution in [0.15, 0.2) is 60.9 Å². The topological polar surface area (TPSA) is 79.8 Å². The second-order valence-electron chi connectivity index (χ2n) is 9.92. The van der Waals surface area contributed by atoms with Gasteiger partial charge in [0.1, 0.15) is 35.1 Å². The van der Waals surface area contributed by atoms with E-state index in [1.807, 2.05) is 17.0 Å². The number of anilines is 2. The van der Waals surface area contributed by atoms with Crippen molar-refractivity contribution < 1.29 is 18.7 Å². The minimum Gasteiger partial charge on any atom is -0.487 e. The molecule has 2 aromatic heterocycles. The zero-order chi connectivity index (χ0) is 28.2. The predicted octanol–water partition coefficient (Wildman–Crippen LogP) is 5.58. The second kappa shape index (κ2) is 12.5. The maximum absolute atomic E-state index is 13.5. The molecule has 8 nitrogen and oxygen atoms in total. The fraction of sp³-hybridized carbons (Fsp3) is 0.300. The molecular formula is C30H29ClFN5O3S. The summed E-state index contributed by atoms with van der Waals surface area (Å²) in [6.45, 7) is 5.43. The molecule has 1 amide bonds. The van der Waals surface area contributed by atoms with Crippen molar-refractivity contribution in [3.63, 3.8) is 0 Å². The molecule has 0 bridgehead atoms. The zero-order valence-electron chi connectivity index (χ0n) is 22.3. The summed E-state index contributed by atoms with van der Waals surface area (Å²) in [4.78, 5) is 28.1. The van der Waals surface area contributed by atoms with Gasteiger partial charge in [-0.25, -0.2) is 14.4 Å². The average molecular weight is 594 g/mol. The van der Waals surface area contributed by atoms with Crippen molar-refractivity contribution in [2.24, 2.45) is 0 Å². The largest absolute Gasteiger partial charge is 0.487 e. The normalized spacial score (nSPS) is 15.8. The number of hydrogen-bond acceptors (Lipinski definition) is 8. The van der Waals surface area contributed by atoms with E-state index in [0.717, 1.165) is 65.6 Å². The van der Waals surface area contributed by atoms with Crippen molar-refractivity contribution in [1.29, 1.82) is 0 Å². The number of nitrogens with zero attached hydrogens (tertiary/aromatic N) is 4. The molecule has 11 heteroatoms. The summed E-state index contributed by atoms with van der Waals surface area (Å²) in [5.41, 5.74) is 2.65. The van der Waals surface area contributed by atoms with Crippen molar-refractivity contribution >= 4 is 50.6 Å². The van der Waals surface area contributed by atoms with Gasteiger partial charge in [0.2, 0.25) is 5.91 Å². The molecule has 0 atom stereocenters. The van der Waals surface area contributed by atoms with E-state index in [1.165, 1.54) is 17.7 Å². The lowest BCUT2D eigenvalue weighted by atomic mass is 10.0. The predicted molar refractivity (Wildman–Crippen MR) is 158 cm³/mol. The van der Waals surface area contributed by atoms with E-state index < -0.39 is 0 Å². The highest BCUT2D eigenvalue weighted by Crippen LogP contribution is 2.39. The molecular weight excluding hydrogens is 565 g/mol. The standard InChI is InChI=1S/C30H29ClFN5O3S/c31-24-16-22(6-7-25(24)40-18-20-3-1-4-21(32)15-20)35-29-28-23-8-10-37(17-26(23)41-30(28)34-19-33-29)27(38)5-2-9-36-11-13-39-14-12-36/h1-7,15-16,19H,8-14,17-18H2,(H,33,34,35)/b5-2+. The van der Waals surface area contributed by atoms with E-state index in [-0.39, 0.29) is 18.3 Å². The minimum atomic E-state index is -0.306. The summed E-state index contributed by atoms with van der Waals surface area (Å²) in [6.07, 6.45) is 5.91. The van der Waals surface area contributed by atoms with Crippen molar-refractivity contribution in [2.75, 3.05) is 44.7 Å². The number of carbonyl (C=O) groups is 1. The molecule has 6 rings (SSSR count). The lowest BCUT2D eigenvalue weighted by Gasteiger charge is -2.27. The molecule has 2 aliphatic heterocycles. The number of aromatic nitrogens is 2. The highest BCUT2D eigenvalue weighted by Gasteiger charge is 2.25. The van der Waals surface area contributed by atoms with Crippen LogP contribution in [0.4, 0.5) is 15.9 Å². The van der Waals surface area contributed by atoms with Gasteiger partial charge in [-0.2, -0.15) is 0 Å². The van der Waals surface area contributed by atoms with Crippen molar-refractivity contribution in [3.05, 3.63) is 87.8 Å². The maximum atomic E-state index is 13.5. The molecule has 0 aliphatic carbocycles. The molecule has 0 saturated carbocycles. The first kappa shape index (κ1) is 27.6. The quantitative estimate of drug-likeness (QED) is 0.267. The first-order valence-corrected chi connectivity index (χ1v) is 14.7. The lowest BCUT2D eigenvalue weighted by molar-refractivity contribution is -0.126. The monoisotopic (exact) mass is 593 g/mol. The average Bonchev–Trinajstić information content (AvgIpc) is 3.36. The van der Waals surface area contributed by atoms with E-state index in [1.54, 1.807) is 48.0 Å². The molecule has 2 aromatic carbocycles. The molecule has 0 radical (unpaired) electrons. The molecule has 212 valence electrons. The van der Waals surface area contributed by atoms with Gasteiger partial charge in [0.05, 0.1) is 30.2 Å². The van der Waals surface area contributed by atoms with Gasteiger partial charge in [-0.15, -0.1) is 11.3 Å². The highest BCUT2D eigenvalue weighted by molar-refractivity contribution is 7.19. The van der Waals surface area contributed by atoms with Crippen LogP contribution in [-0.4, -0.2) is 65.1 Å². The third-order valence-electron chi connectivity index (χ3n) is 7.15. The molecule has 1 fully saturated rings. The number of rotatable bonds is 8. The Morgan fingerprint density at radius 3 is 2.88 bits per heavy atom. The lowest BCUT2D eigenvalue weighted by Crippen LogP contribution is -2.37. The first-order chi connectivity index (χ1) is 20.0. The number of halogens is 2. The Morgan fingerprint density at radius 2 is 2.05 bits per heavy atom. The van der Waals surface area contributed by atoms with Gasteiger partial charge in [0.15, 0.2) is 0 Å². The second-order valence-corrected chi connectivity index (χ2v) is 11.4. The Balaban J connectivity index is 1.13. The van der Waals surface area contributed by atoms with Crippen molar-refractivity contribution in [1.82, 2.24) is 19.8 Å². The molecule has 4 aromatic rings. The van der Waals surface area contributed by atoms with Gasteiger partial charge in [-0.1, -0.05) is 29.8 Å². The van der Waals surface area contributed by atoms with Gasteiger partial charge < -0.3 is 19.7 Å². The van der Waals surface area contributed by atoms with Crippen LogP contribution in [0.2, 0.25) is 5.02 Å². The summed E-state index contributed by atoms with van der Waals surface area (Å²) in [6, 6.07) is 11.7. The molecule has 1 saturated heterocycles. The van der Waals surface area contributed by atoms with Crippen LogP contribution in [0, 0.1) is 5.82 Å². The van der Waals surface area contributed by atoms with Crippen LogP contribution in [0.3, 0.4) is 0 Å². The van der Waals surface area contributed by atoms with Crippen LogP contribution in [0.5, 0.6) is 5.75 Å². The highest BCUT2D eigenvalue weighted by atomic mass is 35.5. The van der Waals surface area contributed by atoms with E-state index in [4.69, 9.17) is 21.1 Å². The van der Waals surface area contributed by atoms with Crippen LogP contribution >= 0.6 is 22.9 Å². The SMILES string of the molecule is O=C(/C=C/CN1CCOCC1)N1CCc2c(sc3ncnc(Nc4ccc(OCc5cccc(F)c5)c(Cl)c4)c23)C1. The smallest absolute Gasteiger partial charge is 0.246 e. The zero-order valence-corrected chi connectivity index (χ0v) is 23.9. The molecule has 1 N–H and O–H groups in total. The van der Waals surface area contributed by atoms with Crippen LogP contribution in [-0.2, 0) is 29.1 Å². The first-order valence-electron chi connectivity index (χ1n) is 13.5. The Kier molecular flexibility index (Phi) is 8.43. The Labute approximate surface area is 246 Å². The van der Waals surface area contributed by atoms with E-state index in [0.29, 0.717) is 29.7 Å². The Hall–Kier alpha value is -3.57. The molecule has 0 unspecified atom stereocenters. The Bertz CT molecular complexity index is 1590. The summed E-state index contributed by atoms with van der Waals surface area (Å²) in [5.74, 6) is 0.924. The van der Waals surface area contributed by atoms with Crippen molar-refractivity contribution in [2.45, 2.75) is 19.6 Å². The number of hydrogen-bond donors (Lipinski definition) is 1. The number of thiophene rings is 1. The number of ether oxygens (including phenoxy) is 2. The van der Waals surface area contributed by atoms with E-state index >= 15 is 0 Å². The van der Waals surface area contributed by atoms with E-state index in [9.17, 15) is 9.18 Å². The summed E-state index contributed by atoms with van der Waals surface area (Å²) in [7, 11) is 0. The Morgan fingerprint density at radius 1 is 1.17 bits per heavy atom. The van der Waals surface area contributed by atoms with Crippen molar-refractivity contribution in [3.8, 4) is 5.75 Å². The number of carbonyl (C=O) groups excluding carboxylic acids is 1. The molecule has 0 spiro atoms. The third kappa shape index (κ3) is 6.51. The fourth-order valence-corrected chi connectivity index (χ4v) is 6.46. The molecule has 2 aliphatic rings. The number of morpholine rings is 1. The van der Waals surface area contributed by atoms with Crippen LogP contribution in [0.25, 0.3) is 10.2 Å². The van der Waals surface area contributed by atoms with E-state index in [2.05, 4.69) is 20.2 Å². The third-order valence-corrected chi connectivity index (χ3v) is 8.57. The number of fused-ring (bicyclic) bond motifs is 3. The van der Waals surface area contributed by atoms with Gasteiger partial charge in [0, 0.05) is 42.8 Å².